The lowest BCUT2D eigenvalue weighted by Crippen LogP contribution is -2.60. The largest absolute Gasteiger partial charge is 0.409 e. The van der Waals surface area contributed by atoms with E-state index < -0.39 is 0 Å². The van der Waals surface area contributed by atoms with Crippen molar-refractivity contribution in [2.45, 2.75) is 19.4 Å². The molecule has 0 spiro atoms. The Hall–Kier alpha value is -0.890. The molecule has 0 saturated carbocycles. The van der Waals surface area contributed by atoms with Crippen LogP contribution in [0.15, 0.2) is 5.16 Å². The molecule has 0 unspecified atom stereocenters. The number of morpholine rings is 1. The fourth-order valence-electron chi connectivity index (χ4n) is 2.92. The van der Waals surface area contributed by atoms with E-state index in [1.807, 2.05) is 13.8 Å². The number of hydrogen-bond acceptors (Lipinski definition) is 6. The van der Waals surface area contributed by atoms with E-state index >= 15 is 0 Å². The first-order valence-electron chi connectivity index (χ1n) is 7.79. The summed E-state index contributed by atoms with van der Waals surface area (Å²) < 4.78 is 5.37. The lowest BCUT2D eigenvalue weighted by molar-refractivity contribution is 0.0267. The van der Waals surface area contributed by atoms with Crippen LogP contribution in [0, 0.1) is 0 Å². The zero-order valence-electron chi connectivity index (χ0n) is 13.3. The van der Waals surface area contributed by atoms with Gasteiger partial charge in [0.2, 0.25) is 0 Å². The topological polar surface area (TPSA) is 77.6 Å². The Labute approximate surface area is 127 Å². The summed E-state index contributed by atoms with van der Waals surface area (Å²) in [4.78, 5) is 7.25. The van der Waals surface area contributed by atoms with Gasteiger partial charge in [-0.05, 0) is 13.8 Å². The van der Waals surface area contributed by atoms with Gasteiger partial charge in [-0.3, -0.25) is 14.7 Å². The van der Waals surface area contributed by atoms with Crippen LogP contribution in [-0.2, 0) is 4.74 Å². The molecule has 0 aliphatic carbocycles. The SMILES string of the molecule is CC(C)(C(N)=NO)N1CCN(CCN2CCOCC2)CC1. The van der Waals surface area contributed by atoms with Crippen molar-refractivity contribution in [1.29, 1.82) is 0 Å². The highest BCUT2D eigenvalue weighted by molar-refractivity contribution is 5.88. The van der Waals surface area contributed by atoms with E-state index in [4.69, 9.17) is 15.7 Å². The number of amidine groups is 1. The van der Waals surface area contributed by atoms with E-state index in [-0.39, 0.29) is 11.4 Å². The quantitative estimate of drug-likeness (QED) is 0.307. The molecular formula is C14H29N5O2. The van der Waals surface area contributed by atoms with Crippen LogP contribution in [0.5, 0.6) is 0 Å². The van der Waals surface area contributed by atoms with Crippen LogP contribution in [0.25, 0.3) is 0 Å². The van der Waals surface area contributed by atoms with Crippen LogP contribution >= 0.6 is 0 Å². The number of nitrogens with zero attached hydrogens (tertiary/aromatic N) is 4. The van der Waals surface area contributed by atoms with E-state index in [1.54, 1.807) is 0 Å². The molecular weight excluding hydrogens is 270 g/mol. The zero-order valence-corrected chi connectivity index (χ0v) is 13.3. The van der Waals surface area contributed by atoms with Crippen LogP contribution < -0.4 is 5.73 Å². The Morgan fingerprint density at radius 2 is 1.57 bits per heavy atom. The van der Waals surface area contributed by atoms with Gasteiger partial charge in [-0.15, -0.1) is 0 Å². The minimum absolute atomic E-state index is 0.282. The second-order valence-electron chi connectivity index (χ2n) is 6.33. The molecule has 2 rings (SSSR count). The first-order valence-corrected chi connectivity index (χ1v) is 7.79. The maximum Gasteiger partial charge on any atom is 0.159 e. The smallest absolute Gasteiger partial charge is 0.159 e. The van der Waals surface area contributed by atoms with E-state index in [1.165, 1.54) is 0 Å². The fourth-order valence-corrected chi connectivity index (χ4v) is 2.92. The summed E-state index contributed by atoms with van der Waals surface area (Å²) in [5, 5.41) is 12.1. The second-order valence-corrected chi connectivity index (χ2v) is 6.33. The van der Waals surface area contributed by atoms with Gasteiger partial charge >= 0.3 is 0 Å². The van der Waals surface area contributed by atoms with Gasteiger partial charge in [0.15, 0.2) is 5.84 Å². The molecule has 2 aliphatic rings. The Morgan fingerprint density at radius 1 is 1.05 bits per heavy atom. The predicted octanol–water partition coefficient (Wildman–Crippen LogP) is -0.539. The normalized spacial score (nSPS) is 24.4. The van der Waals surface area contributed by atoms with E-state index in [9.17, 15) is 0 Å². The lowest BCUT2D eigenvalue weighted by Gasteiger charge is -2.43. The molecule has 0 atom stereocenters. The molecule has 2 aliphatic heterocycles. The van der Waals surface area contributed by atoms with Crippen LogP contribution in [-0.4, -0.2) is 96.9 Å². The van der Waals surface area contributed by atoms with Crippen molar-refractivity contribution in [1.82, 2.24) is 14.7 Å². The van der Waals surface area contributed by atoms with Crippen LogP contribution in [0.1, 0.15) is 13.8 Å². The molecule has 122 valence electrons. The Bertz CT molecular complexity index is 347. The molecule has 0 aromatic carbocycles. The molecule has 21 heavy (non-hydrogen) atoms. The van der Waals surface area contributed by atoms with Crippen molar-refractivity contribution >= 4 is 5.84 Å². The average Bonchev–Trinajstić information content (AvgIpc) is 2.53. The number of hydrogen-bond donors (Lipinski definition) is 2. The number of oxime groups is 1. The number of nitrogens with two attached hydrogens (primary N) is 1. The summed E-state index contributed by atoms with van der Waals surface area (Å²) >= 11 is 0. The van der Waals surface area contributed by atoms with Gasteiger partial charge in [0.05, 0.1) is 18.8 Å². The van der Waals surface area contributed by atoms with Crippen molar-refractivity contribution in [3.05, 3.63) is 0 Å². The van der Waals surface area contributed by atoms with Gasteiger partial charge in [0, 0.05) is 52.4 Å². The summed E-state index contributed by atoms with van der Waals surface area (Å²) in [5.41, 5.74) is 5.41. The van der Waals surface area contributed by atoms with Crippen molar-refractivity contribution in [2.24, 2.45) is 10.9 Å². The van der Waals surface area contributed by atoms with Crippen molar-refractivity contribution in [2.75, 3.05) is 65.6 Å². The van der Waals surface area contributed by atoms with Crippen molar-refractivity contribution < 1.29 is 9.94 Å². The minimum atomic E-state index is -0.384. The number of ether oxygens (including phenoxy) is 1. The van der Waals surface area contributed by atoms with Gasteiger partial charge in [0.1, 0.15) is 0 Å². The highest BCUT2D eigenvalue weighted by atomic mass is 16.5. The maximum atomic E-state index is 8.89. The molecule has 0 radical (unpaired) electrons. The fraction of sp³-hybridized carbons (Fsp3) is 0.929. The average molecular weight is 299 g/mol. The second kappa shape index (κ2) is 7.40. The predicted molar refractivity (Wildman–Crippen MR) is 82.8 cm³/mol. The van der Waals surface area contributed by atoms with E-state index in [0.717, 1.165) is 65.6 Å². The maximum absolute atomic E-state index is 8.89. The summed E-state index contributed by atoms with van der Waals surface area (Å²) in [6.45, 7) is 14.0. The third-order valence-corrected chi connectivity index (χ3v) is 4.73. The highest BCUT2D eigenvalue weighted by Crippen LogP contribution is 2.17. The lowest BCUT2D eigenvalue weighted by atomic mass is 10.0. The molecule has 2 heterocycles. The van der Waals surface area contributed by atoms with E-state index in [0.29, 0.717) is 0 Å². The third kappa shape index (κ3) is 4.29. The van der Waals surface area contributed by atoms with E-state index in [2.05, 4.69) is 19.9 Å². The monoisotopic (exact) mass is 299 g/mol. The van der Waals surface area contributed by atoms with Crippen molar-refractivity contribution in [3.8, 4) is 0 Å². The molecule has 7 nitrogen and oxygen atoms in total. The van der Waals surface area contributed by atoms with Gasteiger partial charge in [0.25, 0.3) is 0 Å². The van der Waals surface area contributed by atoms with Crippen LogP contribution in [0.4, 0.5) is 0 Å². The first kappa shape index (κ1) is 16.5. The Kier molecular flexibility index (Phi) is 5.80. The van der Waals surface area contributed by atoms with Gasteiger partial charge < -0.3 is 15.7 Å². The summed E-state index contributed by atoms with van der Waals surface area (Å²) in [6, 6.07) is 0. The molecule has 2 saturated heterocycles. The summed E-state index contributed by atoms with van der Waals surface area (Å²) in [7, 11) is 0. The van der Waals surface area contributed by atoms with Gasteiger partial charge in [-0.2, -0.15) is 0 Å². The molecule has 0 amide bonds. The Balaban J connectivity index is 1.73. The molecule has 2 fully saturated rings. The summed E-state index contributed by atoms with van der Waals surface area (Å²) in [6.07, 6.45) is 0. The van der Waals surface area contributed by atoms with Crippen molar-refractivity contribution in [3.63, 3.8) is 0 Å². The Morgan fingerprint density at radius 3 is 2.10 bits per heavy atom. The van der Waals surface area contributed by atoms with Gasteiger partial charge in [-0.1, -0.05) is 5.16 Å². The zero-order chi connectivity index (χ0) is 15.3. The molecule has 3 N–H and O–H groups in total. The highest BCUT2D eigenvalue weighted by Gasteiger charge is 2.33. The first-order chi connectivity index (χ1) is 10.0. The number of rotatable bonds is 5. The van der Waals surface area contributed by atoms with Crippen LogP contribution in [0.2, 0.25) is 0 Å². The molecule has 0 aromatic heterocycles. The number of piperazine rings is 1. The third-order valence-electron chi connectivity index (χ3n) is 4.73. The van der Waals surface area contributed by atoms with Crippen LogP contribution in [0.3, 0.4) is 0 Å². The standard InChI is InChI=1S/C14H29N5O2/c1-14(2,13(15)16-20)19-7-5-17(6-8-19)3-4-18-9-11-21-12-10-18/h20H,3-12H2,1-2H3,(H2,15,16). The molecule has 0 aromatic rings. The minimum Gasteiger partial charge on any atom is -0.409 e. The molecule has 0 bridgehead atoms. The summed E-state index contributed by atoms with van der Waals surface area (Å²) in [5.74, 6) is 0.282. The molecule has 7 heteroatoms. The van der Waals surface area contributed by atoms with Gasteiger partial charge in [-0.25, -0.2) is 0 Å².